The molecule has 8 nitrogen and oxygen atoms in total. The van der Waals surface area contributed by atoms with Crippen LogP contribution in [0.4, 0.5) is 11.4 Å². The molecule has 4 heterocycles. The molecule has 0 fully saturated rings. The number of thiophene rings is 2. The van der Waals surface area contributed by atoms with Crippen molar-refractivity contribution < 1.29 is 30.5 Å². The maximum absolute atomic E-state index is 11.1. The summed E-state index contributed by atoms with van der Waals surface area (Å²) >= 11 is 3.45. The molecule has 12 heteroatoms. The zero-order valence-corrected chi connectivity index (χ0v) is 28.3. The van der Waals surface area contributed by atoms with Crippen LogP contribution in [0, 0.1) is 0 Å². The summed E-state index contributed by atoms with van der Waals surface area (Å²) in [6.45, 7) is 10.2. The Morgan fingerprint density at radius 1 is 0.791 bits per heavy atom. The number of rotatable bonds is 14. The van der Waals surface area contributed by atoms with Crippen molar-refractivity contribution in [3.8, 4) is 0 Å². The molecule has 2 aliphatic heterocycles. The number of allylic oxidation sites excluding steroid dienone is 8. The maximum atomic E-state index is 11.1. The Balaban J connectivity index is 1.45. The van der Waals surface area contributed by atoms with Crippen LogP contribution in [0.15, 0.2) is 71.1 Å². The average molecular weight is 666 g/mol. The average Bonchev–Trinajstić information content (AvgIpc) is 3.64. The zero-order valence-electron chi connectivity index (χ0n) is 25.1. The van der Waals surface area contributed by atoms with E-state index in [0.29, 0.717) is 38.8 Å². The van der Waals surface area contributed by atoms with Crippen LogP contribution >= 0.6 is 22.7 Å². The lowest BCUT2D eigenvalue weighted by molar-refractivity contribution is -0.438. The highest BCUT2D eigenvalue weighted by atomic mass is 32.2. The molecule has 0 amide bonds. The van der Waals surface area contributed by atoms with Crippen molar-refractivity contribution in [2.24, 2.45) is 0 Å². The first kappa shape index (κ1) is 33.5. The molecule has 2 aromatic rings. The van der Waals surface area contributed by atoms with Crippen LogP contribution in [0.2, 0.25) is 0 Å². The van der Waals surface area contributed by atoms with Crippen LogP contribution in [0.3, 0.4) is 0 Å². The van der Waals surface area contributed by atoms with Crippen molar-refractivity contribution in [1.82, 2.24) is 0 Å². The Morgan fingerprint density at radius 2 is 1.40 bits per heavy atom. The number of nitrogens with zero attached hydrogens (tertiary/aromatic N) is 2. The van der Waals surface area contributed by atoms with Crippen LogP contribution < -0.4 is 4.90 Å². The number of hydrogen-bond acceptors (Lipinski definition) is 7. The third-order valence-corrected chi connectivity index (χ3v) is 12.0. The molecule has 234 valence electrons. The molecule has 2 aromatic heterocycles. The molecule has 0 spiro atoms. The summed E-state index contributed by atoms with van der Waals surface area (Å²) in [6, 6.07) is 4.22. The number of anilines is 1. The zero-order chi connectivity index (χ0) is 31.5. The van der Waals surface area contributed by atoms with Gasteiger partial charge in [-0.3, -0.25) is 9.11 Å². The SMILES string of the molecule is CC1(C)C(/C=C/C=C/C=C/C=C2\N(CCCCS(=O)(=O)O)c3ccsc3C2(C)C)=[N+](CCCCS(=O)(=O)O)c2ccsc21. The summed E-state index contributed by atoms with van der Waals surface area (Å²) in [4.78, 5) is 4.83. The summed E-state index contributed by atoms with van der Waals surface area (Å²) in [6.07, 6.45) is 16.3. The minimum atomic E-state index is -3.96. The number of fused-ring (bicyclic) bond motifs is 2. The Bertz CT molecular complexity index is 1690. The third-order valence-electron chi connectivity index (χ3n) is 7.89. The summed E-state index contributed by atoms with van der Waals surface area (Å²) in [5.41, 5.74) is 4.28. The molecule has 2 N–H and O–H groups in total. The second-order valence-corrected chi connectivity index (χ2v) is 16.9. The van der Waals surface area contributed by atoms with Gasteiger partial charge in [0, 0.05) is 41.1 Å². The first-order valence-electron chi connectivity index (χ1n) is 14.3. The van der Waals surface area contributed by atoms with E-state index < -0.39 is 20.2 Å². The molecule has 43 heavy (non-hydrogen) atoms. The van der Waals surface area contributed by atoms with Gasteiger partial charge in [0.15, 0.2) is 5.71 Å². The van der Waals surface area contributed by atoms with Crippen molar-refractivity contribution >= 4 is 60.0 Å². The molecular formula is C31H41N2O6S4+. The molecule has 0 aliphatic carbocycles. The molecule has 0 saturated carbocycles. The van der Waals surface area contributed by atoms with Gasteiger partial charge in [0.1, 0.15) is 6.54 Å². The highest BCUT2D eigenvalue weighted by Crippen LogP contribution is 2.50. The standard InChI is InChI=1S/C31H40N2O6S4/c1-30(2)26(32(24-16-20-40-28(24)30)18-10-12-22-42(34,35)36)14-8-6-5-7-9-15-27-31(3,4)29-25(17-21-41-29)33(27)19-11-13-23-43(37,38)39/h5-9,14-17,20-21H,10-13,18-19,22-23H2,1-4H3,(H-,34,35,36,37,38,39)/p+1. The Labute approximate surface area is 264 Å². The predicted octanol–water partition coefficient (Wildman–Crippen LogP) is 6.87. The molecule has 0 radical (unpaired) electrons. The molecule has 0 atom stereocenters. The monoisotopic (exact) mass is 665 g/mol. The fourth-order valence-electron chi connectivity index (χ4n) is 5.81. The van der Waals surface area contributed by atoms with Gasteiger partial charge in [-0.25, -0.2) is 0 Å². The van der Waals surface area contributed by atoms with Gasteiger partial charge < -0.3 is 4.90 Å². The summed E-state index contributed by atoms with van der Waals surface area (Å²) in [5.74, 6) is -0.456. The lowest BCUT2D eigenvalue weighted by Gasteiger charge is -2.27. The quantitative estimate of drug-likeness (QED) is 0.0980. The molecule has 0 saturated heterocycles. The van der Waals surface area contributed by atoms with Crippen LogP contribution in [0.25, 0.3) is 0 Å². The minimum Gasteiger partial charge on any atom is -0.343 e. The second-order valence-electron chi connectivity index (χ2n) is 11.9. The van der Waals surface area contributed by atoms with E-state index >= 15 is 0 Å². The van der Waals surface area contributed by atoms with E-state index in [2.05, 4.69) is 72.2 Å². The third kappa shape index (κ3) is 8.03. The molecule has 2 aliphatic rings. The van der Waals surface area contributed by atoms with Crippen molar-refractivity contribution in [2.45, 2.75) is 64.2 Å². The highest BCUT2D eigenvalue weighted by Gasteiger charge is 2.45. The summed E-state index contributed by atoms with van der Waals surface area (Å²) < 4.78 is 64.9. The Hall–Kier alpha value is -2.35. The fourth-order valence-corrected chi connectivity index (χ4v) is 9.01. The van der Waals surface area contributed by atoms with Gasteiger partial charge in [-0.2, -0.15) is 21.4 Å². The topological polar surface area (TPSA) is 115 Å². The predicted molar refractivity (Wildman–Crippen MR) is 179 cm³/mol. The number of hydrogen-bond donors (Lipinski definition) is 2. The van der Waals surface area contributed by atoms with Gasteiger partial charge in [-0.05, 0) is 69.9 Å². The van der Waals surface area contributed by atoms with Gasteiger partial charge in [-0.15, -0.1) is 22.7 Å². The lowest BCUT2D eigenvalue weighted by atomic mass is 9.87. The van der Waals surface area contributed by atoms with E-state index in [9.17, 15) is 16.8 Å². The van der Waals surface area contributed by atoms with Gasteiger partial charge in [-0.1, -0.05) is 30.4 Å². The van der Waals surface area contributed by atoms with Crippen molar-refractivity contribution in [2.75, 3.05) is 29.5 Å². The van der Waals surface area contributed by atoms with Gasteiger partial charge in [0.25, 0.3) is 20.2 Å². The van der Waals surface area contributed by atoms with E-state index in [1.165, 1.54) is 9.75 Å². The summed E-state index contributed by atoms with van der Waals surface area (Å²) in [7, 11) is -7.91. The fraction of sp³-hybridized carbons (Fsp3) is 0.452. The summed E-state index contributed by atoms with van der Waals surface area (Å²) in [5, 5.41) is 4.17. The van der Waals surface area contributed by atoms with Crippen molar-refractivity contribution in [1.29, 1.82) is 0 Å². The Morgan fingerprint density at radius 3 is 2.09 bits per heavy atom. The van der Waals surface area contributed by atoms with Gasteiger partial charge in [0.2, 0.25) is 5.69 Å². The van der Waals surface area contributed by atoms with Crippen LogP contribution in [0.5, 0.6) is 0 Å². The first-order valence-corrected chi connectivity index (χ1v) is 19.3. The molecular weight excluding hydrogens is 625 g/mol. The Kier molecular flexibility index (Phi) is 10.4. The van der Waals surface area contributed by atoms with Crippen LogP contribution in [0.1, 0.15) is 63.1 Å². The van der Waals surface area contributed by atoms with Crippen LogP contribution in [-0.4, -0.2) is 60.8 Å². The van der Waals surface area contributed by atoms with Crippen molar-refractivity contribution in [3.05, 3.63) is 80.9 Å². The smallest absolute Gasteiger partial charge is 0.264 e. The largest absolute Gasteiger partial charge is 0.343 e. The van der Waals surface area contributed by atoms with E-state index in [1.807, 2.05) is 30.4 Å². The molecule has 0 aromatic carbocycles. The van der Waals surface area contributed by atoms with Gasteiger partial charge in [0.05, 0.1) is 27.5 Å². The number of unbranched alkanes of at least 4 members (excludes halogenated alkanes) is 2. The maximum Gasteiger partial charge on any atom is 0.264 e. The molecule has 0 bridgehead atoms. The van der Waals surface area contributed by atoms with Crippen LogP contribution in [-0.2, 0) is 31.1 Å². The molecule has 0 unspecified atom stereocenters. The highest BCUT2D eigenvalue weighted by molar-refractivity contribution is 7.86. The van der Waals surface area contributed by atoms with Gasteiger partial charge >= 0.3 is 0 Å². The van der Waals surface area contributed by atoms with E-state index in [0.717, 1.165) is 22.8 Å². The van der Waals surface area contributed by atoms with E-state index in [-0.39, 0.29) is 22.3 Å². The lowest BCUT2D eigenvalue weighted by Crippen LogP contribution is -2.27. The second kappa shape index (κ2) is 13.3. The van der Waals surface area contributed by atoms with E-state index in [4.69, 9.17) is 9.11 Å². The molecule has 4 rings (SSSR count). The normalized spacial score (nSPS) is 19.1. The van der Waals surface area contributed by atoms with E-state index in [1.54, 1.807) is 22.7 Å². The first-order chi connectivity index (χ1) is 20.1. The van der Waals surface area contributed by atoms with Crippen molar-refractivity contribution in [3.63, 3.8) is 0 Å². The minimum absolute atomic E-state index is 0.171.